The van der Waals surface area contributed by atoms with Crippen LogP contribution in [0.1, 0.15) is 37.0 Å². The van der Waals surface area contributed by atoms with E-state index in [9.17, 15) is 14.4 Å². The Balaban J connectivity index is 2.24. The largest absolute Gasteiger partial charge is 0.479 e. The number of carboxylic acids is 1. The molecule has 23 heavy (non-hydrogen) atoms. The van der Waals surface area contributed by atoms with Crippen molar-refractivity contribution in [3.05, 3.63) is 23.8 Å². The van der Waals surface area contributed by atoms with Crippen LogP contribution in [0.3, 0.4) is 0 Å². The summed E-state index contributed by atoms with van der Waals surface area (Å²) in [6, 6.07) is 4.26. The molecule has 124 valence electrons. The molecule has 0 saturated heterocycles. The highest BCUT2D eigenvalue weighted by Crippen LogP contribution is 2.34. The number of rotatable bonds is 6. The zero-order chi connectivity index (χ0) is 17.0. The molecular weight excluding hydrogens is 300 g/mol. The molecule has 0 fully saturated rings. The van der Waals surface area contributed by atoms with E-state index < -0.39 is 12.1 Å². The lowest BCUT2D eigenvalue weighted by Gasteiger charge is -2.32. The zero-order valence-corrected chi connectivity index (χ0v) is 13.2. The quantitative estimate of drug-likeness (QED) is 0.773. The number of nitrogens with one attached hydrogen (secondary N) is 1. The van der Waals surface area contributed by atoms with E-state index in [1.54, 1.807) is 6.92 Å². The first-order valence-corrected chi connectivity index (χ1v) is 7.56. The van der Waals surface area contributed by atoms with Gasteiger partial charge in [0.05, 0.1) is 11.3 Å². The van der Waals surface area contributed by atoms with E-state index in [1.165, 1.54) is 23.1 Å². The first-order chi connectivity index (χ1) is 10.9. The van der Waals surface area contributed by atoms with E-state index in [-0.39, 0.29) is 23.9 Å². The number of hydrogen-bond donors (Lipinski definition) is 2. The Hall–Kier alpha value is -2.57. The molecule has 7 nitrogen and oxygen atoms in total. The van der Waals surface area contributed by atoms with Gasteiger partial charge in [-0.3, -0.25) is 14.5 Å². The highest BCUT2D eigenvalue weighted by Gasteiger charge is 2.33. The maximum Gasteiger partial charge on any atom is 0.335 e. The van der Waals surface area contributed by atoms with E-state index in [0.29, 0.717) is 18.0 Å². The van der Waals surface area contributed by atoms with Crippen LogP contribution in [0.25, 0.3) is 0 Å². The van der Waals surface area contributed by atoms with Gasteiger partial charge < -0.3 is 15.2 Å². The molecular formula is C16H20N2O5. The van der Waals surface area contributed by atoms with Gasteiger partial charge >= 0.3 is 5.97 Å². The summed E-state index contributed by atoms with van der Waals surface area (Å²) in [5.41, 5.74) is 0.338. The molecule has 7 heteroatoms. The molecule has 2 amide bonds. The van der Waals surface area contributed by atoms with Crippen LogP contribution in [0.2, 0.25) is 0 Å². The summed E-state index contributed by atoms with van der Waals surface area (Å²) in [6.07, 6.45) is 1.10. The highest BCUT2D eigenvalue weighted by molar-refractivity contribution is 6.04. The monoisotopic (exact) mass is 320 g/mol. The molecule has 1 atom stereocenters. The number of aromatic carboxylic acids is 1. The predicted molar refractivity (Wildman–Crippen MR) is 83.8 cm³/mol. The summed E-state index contributed by atoms with van der Waals surface area (Å²) in [7, 11) is 0. The van der Waals surface area contributed by atoms with Crippen molar-refractivity contribution in [2.45, 2.75) is 32.8 Å². The first-order valence-electron chi connectivity index (χ1n) is 7.56. The fraction of sp³-hybridized carbons (Fsp3) is 0.438. The molecule has 0 saturated carbocycles. The molecule has 2 rings (SSSR count). The smallest absolute Gasteiger partial charge is 0.335 e. The molecule has 0 aliphatic carbocycles. The topological polar surface area (TPSA) is 95.9 Å². The lowest BCUT2D eigenvalue weighted by atomic mass is 10.1. The Morgan fingerprint density at radius 2 is 2.13 bits per heavy atom. The van der Waals surface area contributed by atoms with Gasteiger partial charge in [0.15, 0.2) is 6.10 Å². The number of carbonyl (C=O) groups excluding carboxylic acids is 2. The fourth-order valence-electron chi connectivity index (χ4n) is 2.31. The van der Waals surface area contributed by atoms with E-state index in [1.807, 2.05) is 6.92 Å². The summed E-state index contributed by atoms with van der Waals surface area (Å²) < 4.78 is 5.47. The zero-order valence-electron chi connectivity index (χ0n) is 13.2. The molecule has 1 aliphatic heterocycles. The molecule has 0 spiro atoms. The second kappa shape index (κ2) is 7.13. The molecule has 2 N–H and O–H groups in total. The average Bonchev–Trinajstić information content (AvgIpc) is 2.51. The highest BCUT2D eigenvalue weighted by atomic mass is 16.5. The minimum Gasteiger partial charge on any atom is -0.479 e. The number of carboxylic acid groups (broad SMARTS) is 1. The van der Waals surface area contributed by atoms with Crippen LogP contribution in [0.15, 0.2) is 18.2 Å². The van der Waals surface area contributed by atoms with Crippen LogP contribution in [-0.4, -0.2) is 42.1 Å². The Labute approximate surface area is 134 Å². The third-order valence-electron chi connectivity index (χ3n) is 3.57. The maximum absolute atomic E-state index is 12.3. The standard InChI is InChI=1S/C16H20N2O5/c1-3-4-7-17-14(19)9-18-12-8-11(16(21)22)5-6-13(12)23-10(2)15(18)20/h5-6,8,10H,3-4,7,9H2,1-2H3,(H,17,19)(H,21,22). The first kappa shape index (κ1) is 16.8. The van der Waals surface area contributed by atoms with Crippen LogP contribution in [0.5, 0.6) is 5.75 Å². The van der Waals surface area contributed by atoms with Crippen LogP contribution in [0.4, 0.5) is 5.69 Å². The number of nitrogens with zero attached hydrogens (tertiary/aromatic N) is 1. The number of benzene rings is 1. The SMILES string of the molecule is CCCCNC(=O)CN1C(=O)C(C)Oc2ccc(C(=O)O)cc21. The van der Waals surface area contributed by atoms with E-state index in [2.05, 4.69) is 5.32 Å². The van der Waals surface area contributed by atoms with Crippen molar-refractivity contribution in [3.63, 3.8) is 0 Å². The van der Waals surface area contributed by atoms with Gasteiger partial charge in [-0.15, -0.1) is 0 Å². The van der Waals surface area contributed by atoms with Gasteiger partial charge in [-0.1, -0.05) is 13.3 Å². The summed E-state index contributed by atoms with van der Waals surface area (Å²) in [4.78, 5) is 36.7. The summed E-state index contributed by atoms with van der Waals surface area (Å²) in [5, 5.41) is 11.8. The van der Waals surface area contributed by atoms with Crippen molar-refractivity contribution in [1.82, 2.24) is 5.32 Å². The molecule has 0 bridgehead atoms. The predicted octanol–water partition coefficient (Wildman–Crippen LogP) is 1.41. The summed E-state index contributed by atoms with van der Waals surface area (Å²) >= 11 is 0. The summed E-state index contributed by atoms with van der Waals surface area (Å²) in [6.45, 7) is 4.00. The molecule has 0 aromatic heterocycles. The number of amides is 2. The van der Waals surface area contributed by atoms with Crippen molar-refractivity contribution in [2.75, 3.05) is 18.0 Å². The lowest BCUT2D eigenvalue weighted by molar-refractivity contribution is -0.128. The maximum atomic E-state index is 12.3. The van der Waals surface area contributed by atoms with Crippen molar-refractivity contribution >= 4 is 23.5 Å². The number of hydrogen-bond acceptors (Lipinski definition) is 4. The van der Waals surface area contributed by atoms with Crippen molar-refractivity contribution < 1.29 is 24.2 Å². The van der Waals surface area contributed by atoms with Crippen LogP contribution >= 0.6 is 0 Å². The second-order valence-electron chi connectivity index (χ2n) is 5.38. The minimum atomic E-state index is -1.11. The second-order valence-corrected chi connectivity index (χ2v) is 5.38. The van der Waals surface area contributed by atoms with Crippen molar-refractivity contribution in [2.24, 2.45) is 0 Å². The van der Waals surface area contributed by atoms with Crippen molar-refractivity contribution in [3.8, 4) is 5.75 Å². The third kappa shape index (κ3) is 3.80. The molecule has 1 unspecified atom stereocenters. The van der Waals surface area contributed by atoms with Gasteiger partial charge in [0, 0.05) is 6.54 Å². The number of ether oxygens (including phenoxy) is 1. The Bertz CT molecular complexity index is 629. The van der Waals surface area contributed by atoms with Crippen LogP contribution < -0.4 is 15.0 Å². The third-order valence-corrected chi connectivity index (χ3v) is 3.57. The van der Waals surface area contributed by atoms with E-state index in [0.717, 1.165) is 12.8 Å². The van der Waals surface area contributed by atoms with Gasteiger partial charge in [0.2, 0.25) is 5.91 Å². The molecule has 1 aromatic carbocycles. The molecule has 0 radical (unpaired) electrons. The van der Waals surface area contributed by atoms with Crippen molar-refractivity contribution in [1.29, 1.82) is 0 Å². The van der Waals surface area contributed by atoms with Gasteiger partial charge in [-0.2, -0.15) is 0 Å². The van der Waals surface area contributed by atoms with E-state index >= 15 is 0 Å². The Morgan fingerprint density at radius 3 is 2.78 bits per heavy atom. The Kier molecular flexibility index (Phi) is 5.20. The lowest BCUT2D eigenvalue weighted by Crippen LogP contribution is -2.49. The molecule has 1 aliphatic rings. The van der Waals surface area contributed by atoms with Gasteiger partial charge in [0.1, 0.15) is 12.3 Å². The number of unbranched alkanes of at least 4 members (excludes halogenated alkanes) is 1. The number of anilines is 1. The van der Waals surface area contributed by atoms with Crippen LogP contribution in [0, 0.1) is 0 Å². The Morgan fingerprint density at radius 1 is 1.39 bits per heavy atom. The normalized spacial score (nSPS) is 16.5. The van der Waals surface area contributed by atoms with Gasteiger partial charge in [-0.25, -0.2) is 4.79 Å². The minimum absolute atomic E-state index is 0.0334. The average molecular weight is 320 g/mol. The van der Waals surface area contributed by atoms with Gasteiger partial charge in [-0.05, 0) is 31.5 Å². The number of fused-ring (bicyclic) bond motifs is 1. The summed E-state index contributed by atoms with van der Waals surface area (Å²) in [5.74, 6) is -1.37. The van der Waals surface area contributed by atoms with Gasteiger partial charge in [0.25, 0.3) is 5.91 Å². The fourth-order valence-corrected chi connectivity index (χ4v) is 2.31. The van der Waals surface area contributed by atoms with Crippen LogP contribution in [-0.2, 0) is 9.59 Å². The molecule has 1 heterocycles. The number of carbonyl (C=O) groups is 3. The molecule has 1 aromatic rings. The van der Waals surface area contributed by atoms with E-state index in [4.69, 9.17) is 9.84 Å².